The van der Waals surface area contributed by atoms with E-state index >= 15 is 0 Å². The summed E-state index contributed by atoms with van der Waals surface area (Å²) in [5, 5.41) is 1.40. The molecule has 0 aromatic heterocycles. The molecule has 0 amide bonds. The summed E-state index contributed by atoms with van der Waals surface area (Å²) in [6.45, 7) is 10.9. The van der Waals surface area contributed by atoms with Crippen molar-refractivity contribution in [1.29, 1.82) is 0 Å². The van der Waals surface area contributed by atoms with Crippen LogP contribution in [0, 0.1) is 11.8 Å². The Balaban J connectivity index is 2.18. The Kier molecular flexibility index (Phi) is 4.08. The maximum Gasteiger partial charge on any atom is -0.00137 e. The molecule has 1 nitrogen and oxygen atoms in total. The van der Waals surface area contributed by atoms with E-state index in [0.717, 1.165) is 17.4 Å². The molecule has 2 aliphatic carbocycles. The molecule has 2 unspecified atom stereocenters. The molecule has 2 N–H and O–H groups in total. The van der Waals surface area contributed by atoms with E-state index in [4.69, 9.17) is 5.50 Å². The predicted octanol–water partition coefficient (Wildman–Crippen LogP) is 4.45. The molecule has 1 fully saturated rings. The van der Waals surface area contributed by atoms with Gasteiger partial charge >= 0.3 is 0 Å². The average molecular weight is 299 g/mol. The van der Waals surface area contributed by atoms with Crippen molar-refractivity contribution in [3.05, 3.63) is 40.5 Å². The van der Waals surface area contributed by atoms with E-state index < -0.39 is 0 Å². The second kappa shape index (κ2) is 5.71. The minimum atomic E-state index is 0.378. The van der Waals surface area contributed by atoms with Crippen LogP contribution < -0.4 is 10.8 Å². The first-order valence-corrected chi connectivity index (χ1v) is 9.08. The quantitative estimate of drug-likeness (QED) is 0.817. The van der Waals surface area contributed by atoms with Gasteiger partial charge < -0.3 is 5.50 Å². The lowest BCUT2D eigenvalue weighted by Crippen LogP contribution is -2.14. The zero-order valence-electron chi connectivity index (χ0n) is 13.4. The summed E-state index contributed by atoms with van der Waals surface area (Å²) in [7, 11) is 0.378. The first-order valence-electron chi connectivity index (χ1n) is 8.00. The lowest BCUT2D eigenvalue weighted by Gasteiger charge is -2.17. The standard InChI is InChI=1S/C19H26NP/c1-11(2)16-10-15-7-12(3)8-17(15)19(21-20)18(16)9-13(4)14-5-6-14/h9-10,12,14,21H,1,5-8,20H2,2-4H3/b13-9+. The van der Waals surface area contributed by atoms with Crippen molar-refractivity contribution in [3.63, 3.8) is 0 Å². The smallest absolute Gasteiger partial charge is 0.00137 e. The first kappa shape index (κ1) is 15.0. The average Bonchev–Trinajstić information content (AvgIpc) is 3.20. The third-order valence-corrected chi connectivity index (χ3v) is 5.75. The van der Waals surface area contributed by atoms with E-state index in [9.17, 15) is 0 Å². The highest BCUT2D eigenvalue weighted by Gasteiger charge is 2.26. The molecule has 0 saturated heterocycles. The van der Waals surface area contributed by atoms with Crippen LogP contribution in [0.3, 0.4) is 0 Å². The first-order chi connectivity index (χ1) is 10.0. The maximum absolute atomic E-state index is 6.17. The van der Waals surface area contributed by atoms with E-state index in [0.29, 0.717) is 8.73 Å². The second-order valence-corrected chi connectivity index (χ2v) is 7.74. The van der Waals surface area contributed by atoms with Gasteiger partial charge in [-0.2, -0.15) is 0 Å². The molecular formula is C19H26NP. The number of hydrogen-bond acceptors (Lipinski definition) is 1. The van der Waals surface area contributed by atoms with Crippen molar-refractivity contribution in [3.8, 4) is 0 Å². The molecule has 1 aromatic carbocycles. The number of nitrogens with two attached hydrogens (primary N) is 1. The van der Waals surface area contributed by atoms with Gasteiger partial charge in [-0.3, -0.25) is 0 Å². The fraction of sp³-hybridized carbons (Fsp3) is 0.474. The van der Waals surface area contributed by atoms with Crippen molar-refractivity contribution in [2.45, 2.75) is 46.5 Å². The van der Waals surface area contributed by atoms with Gasteiger partial charge in [-0.05, 0) is 87.7 Å². The lowest BCUT2D eigenvalue weighted by molar-refractivity contribution is 0.628. The van der Waals surface area contributed by atoms with Crippen LogP contribution in [0.1, 0.15) is 55.9 Å². The van der Waals surface area contributed by atoms with Gasteiger partial charge in [0.1, 0.15) is 0 Å². The molecule has 1 aromatic rings. The molecule has 112 valence electrons. The normalized spacial score (nSPS) is 22.1. The fourth-order valence-electron chi connectivity index (χ4n) is 3.56. The monoisotopic (exact) mass is 299 g/mol. The van der Waals surface area contributed by atoms with Crippen molar-refractivity contribution >= 4 is 25.7 Å². The number of allylic oxidation sites excluding steroid dienone is 2. The molecule has 2 atom stereocenters. The van der Waals surface area contributed by atoms with Gasteiger partial charge in [-0.1, -0.05) is 36.8 Å². The molecule has 0 aliphatic heterocycles. The van der Waals surface area contributed by atoms with Crippen LogP contribution in [0.2, 0.25) is 0 Å². The maximum atomic E-state index is 6.17. The van der Waals surface area contributed by atoms with Gasteiger partial charge in [0.25, 0.3) is 0 Å². The molecule has 3 rings (SSSR count). The molecule has 0 bridgehead atoms. The van der Waals surface area contributed by atoms with E-state index in [1.54, 1.807) is 0 Å². The largest absolute Gasteiger partial charge is 0.308 e. The highest BCUT2D eigenvalue weighted by atomic mass is 31.1. The minimum Gasteiger partial charge on any atom is -0.308 e. The van der Waals surface area contributed by atoms with Gasteiger partial charge in [0.2, 0.25) is 0 Å². The lowest BCUT2D eigenvalue weighted by atomic mass is 9.94. The molecule has 2 aliphatic rings. The Hall–Kier alpha value is -0.910. The van der Waals surface area contributed by atoms with Crippen molar-refractivity contribution in [2.24, 2.45) is 17.3 Å². The van der Waals surface area contributed by atoms with Gasteiger partial charge in [-0.25, -0.2) is 0 Å². The van der Waals surface area contributed by atoms with Crippen LogP contribution in [0.15, 0.2) is 18.2 Å². The third-order valence-electron chi connectivity index (χ3n) is 4.89. The Bertz CT molecular complexity index is 623. The molecular weight excluding hydrogens is 273 g/mol. The highest BCUT2D eigenvalue weighted by molar-refractivity contribution is 7.45. The summed E-state index contributed by atoms with van der Waals surface area (Å²) in [6.07, 6.45) is 7.49. The van der Waals surface area contributed by atoms with Crippen LogP contribution in [-0.4, -0.2) is 0 Å². The van der Waals surface area contributed by atoms with Gasteiger partial charge in [0, 0.05) is 0 Å². The van der Waals surface area contributed by atoms with Crippen molar-refractivity contribution < 1.29 is 0 Å². The van der Waals surface area contributed by atoms with Crippen LogP contribution in [0.5, 0.6) is 0 Å². The zero-order valence-corrected chi connectivity index (χ0v) is 14.4. The van der Waals surface area contributed by atoms with Crippen molar-refractivity contribution in [2.75, 3.05) is 0 Å². The number of benzene rings is 1. The Morgan fingerprint density at radius 2 is 2.05 bits per heavy atom. The Morgan fingerprint density at radius 3 is 2.62 bits per heavy atom. The van der Waals surface area contributed by atoms with Gasteiger partial charge in [0.05, 0.1) is 0 Å². The number of rotatable bonds is 4. The Labute approximate surface area is 130 Å². The van der Waals surface area contributed by atoms with Crippen LogP contribution in [0.4, 0.5) is 0 Å². The summed E-state index contributed by atoms with van der Waals surface area (Å²) in [4.78, 5) is 0. The molecule has 2 heteroatoms. The molecule has 21 heavy (non-hydrogen) atoms. The van der Waals surface area contributed by atoms with Gasteiger partial charge in [0.15, 0.2) is 0 Å². The number of fused-ring (bicyclic) bond motifs is 1. The molecule has 0 heterocycles. The third kappa shape index (κ3) is 2.87. The van der Waals surface area contributed by atoms with Crippen LogP contribution >= 0.6 is 8.73 Å². The summed E-state index contributed by atoms with van der Waals surface area (Å²) in [6, 6.07) is 2.39. The van der Waals surface area contributed by atoms with Crippen molar-refractivity contribution in [1.82, 2.24) is 0 Å². The topological polar surface area (TPSA) is 26.0 Å². The predicted molar refractivity (Wildman–Crippen MR) is 96.2 cm³/mol. The van der Waals surface area contributed by atoms with Crippen LogP contribution in [0.25, 0.3) is 11.6 Å². The summed E-state index contributed by atoms with van der Waals surface area (Å²) in [5.41, 5.74) is 14.6. The number of hydrogen-bond donors (Lipinski definition) is 1. The molecule has 0 radical (unpaired) electrons. The van der Waals surface area contributed by atoms with E-state index in [-0.39, 0.29) is 0 Å². The van der Waals surface area contributed by atoms with Crippen LogP contribution in [-0.2, 0) is 12.8 Å². The minimum absolute atomic E-state index is 0.378. The molecule has 1 saturated carbocycles. The van der Waals surface area contributed by atoms with E-state index in [2.05, 4.69) is 39.5 Å². The Morgan fingerprint density at radius 1 is 1.33 bits per heavy atom. The summed E-state index contributed by atoms with van der Waals surface area (Å²) in [5.74, 6) is 1.56. The van der Waals surface area contributed by atoms with E-state index in [1.807, 2.05) is 0 Å². The molecule has 0 spiro atoms. The highest BCUT2D eigenvalue weighted by Crippen LogP contribution is 2.39. The van der Waals surface area contributed by atoms with E-state index in [1.165, 1.54) is 58.8 Å². The SMILES string of the molecule is C=C(C)c1cc2c(c(PN)c1/C=C(\C)C1CC1)CC(C)C2. The summed E-state index contributed by atoms with van der Waals surface area (Å²) < 4.78 is 0. The summed E-state index contributed by atoms with van der Waals surface area (Å²) >= 11 is 0. The second-order valence-electron chi connectivity index (χ2n) is 6.95. The fourth-order valence-corrected chi connectivity index (χ4v) is 4.36. The van der Waals surface area contributed by atoms with Gasteiger partial charge in [-0.15, -0.1) is 0 Å². The zero-order chi connectivity index (χ0) is 15.1.